The smallest absolute Gasteiger partial charge is 0.264 e. The highest BCUT2D eigenvalue weighted by molar-refractivity contribution is 9.10. The van der Waals surface area contributed by atoms with Gasteiger partial charge in [-0.15, -0.1) is 0 Å². The van der Waals surface area contributed by atoms with Crippen LogP contribution in [0.4, 0.5) is 5.69 Å². The summed E-state index contributed by atoms with van der Waals surface area (Å²) >= 11 is 3.43. The van der Waals surface area contributed by atoms with E-state index >= 15 is 0 Å². The summed E-state index contributed by atoms with van der Waals surface area (Å²) < 4.78 is 29.8. The van der Waals surface area contributed by atoms with Crippen molar-refractivity contribution in [3.05, 3.63) is 130 Å². The summed E-state index contributed by atoms with van der Waals surface area (Å²) in [6, 6.07) is 31.0. The van der Waals surface area contributed by atoms with E-state index in [0.717, 1.165) is 21.0 Å². The van der Waals surface area contributed by atoms with Crippen LogP contribution in [0.1, 0.15) is 30.5 Å². The standard InChI is InChI=1S/C34H36BrN3O4S/c1-25(2)36-34(40)32(21-27-14-6-4-7-15-27)37(23-28-16-11-10-13-26(28)3)33(39)24-38(30-18-12-17-29(35)22-30)43(41,42)31-19-8-5-9-20-31/h4-20,22,25,32H,21,23-24H2,1-3H3,(H,36,40)/t32-/m0/s1. The van der Waals surface area contributed by atoms with E-state index in [4.69, 9.17) is 0 Å². The van der Waals surface area contributed by atoms with Crippen molar-refractivity contribution >= 4 is 43.5 Å². The van der Waals surface area contributed by atoms with Crippen LogP contribution in [0, 0.1) is 6.92 Å². The number of benzene rings is 4. The van der Waals surface area contributed by atoms with Crippen molar-refractivity contribution < 1.29 is 18.0 Å². The van der Waals surface area contributed by atoms with Crippen LogP contribution in [-0.2, 0) is 32.6 Å². The Morgan fingerprint density at radius 3 is 2.09 bits per heavy atom. The number of halogens is 1. The molecule has 4 rings (SSSR count). The lowest BCUT2D eigenvalue weighted by atomic mass is 10.0. The van der Waals surface area contributed by atoms with Crippen molar-refractivity contribution in [1.29, 1.82) is 0 Å². The second kappa shape index (κ2) is 14.5. The lowest BCUT2D eigenvalue weighted by molar-refractivity contribution is -0.140. The number of hydrogen-bond acceptors (Lipinski definition) is 4. The van der Waals surface area contributed by atoms with Crippen molar-refractivity contribution in [2.24, 2.45) is 0 Å². The zero-order chi connectivity index (χ0) is 31.0. The van der Waals surface area contributed by atoms with Gasteiger partial charge in [0.05, 0.1) is 10.6 Å². The number of carbonyl (C=O) groups excluding carboxylic acids is 2. The third-order valence-corrected chi connectivity index (χ3v) is 9.29. The van der Waals surface area contributed by atoms with Crippen LogP contribution in [0.2, 0.25) is 0 Å². The first kappa shape index (κ1) is 32.0. The first-order valence-corrected chi connectivity index (χ1v) is 16.3. The monoisotopic (exact) mass is 661 g/mol. The minimum atomic E-state index is -4.14. The van der Waals surface area contributed by atoms with Gasteiger partial charge in [-0.1, -0.05) is 94.8 Å². The van der Waals surface area contributed by atoms with Gasteiger partial charge in [0.1, 0.15) is 12.6 Å². The third-order valence-electron chi connectivity index (χ3n) is 7.01. The van der Waals surface area contributed by atoms with Crippen LogP contribution in [0.25, 0.3) is 0 Å². The normalized spacial score (nSPS) is 12.0. The molecule has 0 saturated carbocycles. The molecule has 7 nitrogen and oxygen atoms in total. The molecule has 1 atom stereocenters. The molecule has 0 unspecified atom stereocenters. The third kappa shape index (κ3) is 8.33. The first-order chi connectivity index (χ1) is 20.6. The topological polar surface area (TPSA) is 86.8 Å². The van der Waals surface area contributed by atoms with Crippen LogP contribution in [0.15, 0.2) is 119 Å². The molecule has 0 aliphatic heterocycles. The largest absolute Gasteiger partial charge is 0.352 e. The van der Waals surface area contributed by atoms with Gasteiger partial charge in [0.2, 0.25) is 11.8 Å². The zero-order valence-electron chi connectivity index (χ0n) is 24.5. The van der Waals surface area contributed by atoms with Crippen molar-refractivity contribution in [1.82, 2.24) is 10.2 Å². The van der Waals surface area contributed by atoms with Crippen LogP contribution >= 0.6 is 15.9 Å². The van der Waals surface area contributed by atoms with Gasteiger partial charge in [-0.05, 0) is 67.8 Å². The summed E-state index contributed by atoms with van der Waals surface area (Å²) in [4.78, 5) is 29.8. The molecule has 43 heavy (non-hydrogen) atoms. The van der Waals surface area contributed by atoms with E-state index in [9.17, 15) is 18.0 Å². The van der Waals surface area contributed by atoms with E-state index in [-0.39, 0.29) is 29.8 Å². The molecule has 0 bridgehead atoms. The number of amides is 2. The summed E-state index contributed by atoms with van der Waals surface area (Å²) in [5.41, 5.74) is 3.04. The van der Waals surface area contributed by atoms with E-state index in [2.05, 4.69) is 21.2 Å². The van der Waals surface area contributed by atoms with E-state index in [1.807, 2.05) is 75.4 Å². The molecule has 4 aromatic rings. The van der Waals surface area contributed by atoms with Gasteiger partial charge in [-0.3, -0.25) is 13.9 Å². The number of nitrogens with zero attached hydrogens (tertiary/aromatic N) is 2. The predicted molar refractivity (Wildman–Crippen MR) is 174 cm³/mol. The van der Waals surface area contributed by atoms with Gasteiger partial charge < -0.3 is 10.2 Å². The Labute approximate surface area is 262 Å². The summed E-state index contributed by atoms with van der Waals surface area (Å²) in [6.45, 7) is 5.32. The average molecular weight is 663 g/mol. The molecular weight excluding hydrogens is 626 g/mol. The molecule has 0 aliphatic carbocycles. The summed E-state index contributed by atoms with van der Waals surface area (Å²) in [5.74, 6) is -0.803. The van der Waals surface area contributed by atoms with Crippen LogP contribution < -0.4 is 9.62 Å². The Morgan fingerprint density at radius 1 is 0.837 bits per heavy atom. The number of aryl methyl sites for hydroxylation is 1. The minimum absolute atomic E-state index is 0.0617. The maximum atomic E-state index is 14.5. The Kier molecular flexibility index (Phi) is 10.8. The molecule has 0 aliphatic rings. The fraction of sp³-hybridized carbons (Fsp3) is 0.235. The molecule has 0 aromatic heterocycles. The molecule has 2 amide bonds. The second-order valence-electron chi connectivity index (χ2n) is 10.6. The maximum Gasteiger partial charge on any atom is 0.264 e. The fourth-order valence-corrected chi connectivity index (χ4v) is 6.60. The van der Waals surface area contributed by atoms with E-state index in [1.165, 1.54) is 17.0 Å². The molecule has 0 spiro atoms. The number of hydrogen-bond donors (Lipinski definition) is 1. The number of carbonyl (C=O) groups is 2. The molecule has 1 N–H and O–H groups in total. The van der Waals surface area contributed by atoms with Gasteiger partial charge in [0.15, 0.2) is 0 Å². The second-order valence-corrected chi connectivity index (χ2v) is 13.4. The molecular formula is C34H36BrN3O4S. The zero-order valence-corrected chi connectivity index (χ0v) is 26.9. The van der Waals surface area contributed by atoms with Gasteiger partial charge in [-0.2, -0.15) is 0 Å². The Bertz CT molecular complexity index is 1650. The Hall–Kier alpha value is -3.95. The number of nitrogens with one attached hydrogen (secondary N) is 1. The number of anilines is 1. The summed E-state index contributed by atoms with van der Waals surface area (Å²) in [7, 11) is -4.14. The highest BCUT2D eigenvalue weighted by Crippen LogP contribution is 2.27. The predicted octanol–water partition coefficient (Wildman–Crippen LogP) is 6.12. The quantitative estimate of drug-likeness (QED) is 0.198. The number of rotatable bonds is 12. The molecule has 0 fully saturated rings. The summed E-state index contributed by atoms with van der Waals surface area (Å²) in [6.07, 6.45) is 0.263. The highest BCUT2D eigenvalue weighted by Gasteiger charge is 2.35. The van der Waals surface area contributed by atoms with E-state index in [0.29, 0.717) is 10.2 Å². The maximum absolute atomic E-state index is 14.5. The van der Waals surface area contributed by atoms with E-state index in [1.54, 1.807) is 42.5 Å². The Balaban J connectivity index is 1.81. The molecule has 0 heterocycles. The van der Waals surface area contributed by atoms with Gasteiger partial charge in [0.25, 0.3) is 10.0 Å². The van der Waals surface area contributed by atoms with Crippen LogP contribution in [0.3, 0.4) is 0 Å². The molecule has 224 valence electrons. The minimum Gasteiger partial charge on any atom is -0.352 e. The van der Waals surface area contributed by atoms with Crippen LogP contribution in [0.5, 0.6) is 0 Å². The van der Waals surface area contributed by atoms with Crippen molar-refractivity contribution in [2.75, 3.05) is 10.8 Å². The van der Waals surface area contributed by atoms with Gasteiger partial charge in [0, 0.05) is 23.5 Å². The average Bonchev–Trinajstić information content (AvgIpc) is 2.99. The summed E-state index contributed by atoms with van der Waals surface area (Å²) in [5, 5.41) is 2.98. The Morgan fingerprint density at radius 2 is 1.47 bits per heavy atom. The van der Waals surface area contributed by atoms with E-state index < -0.39 is 28.5 Å². The van der Waals surface area contributed by atoms with Crippen molar-refractivity contribution in [2.45, 2.75) is 50.7 Å². The van der Waals surface area contributed by atoms with Gasteiger partial charge in [-0.25, -0.2) is 8.42 Å². The molecule has 4 aromatic carbocycles. The highest BCUT2D eigenvalue weighted by atomic mass is 79.9. The lowest BCUT2D eigenvalue weighted by Crippen LogP contribution is -2.54. The SMILES string of the molecule is Cc1ccccc1CN(C(=O)CN(c1cccc(Br)c1)S(=O)(=O)c1ccccc1)[C@@H](Cc1ccccc1)C(=O)NC(C)C. The lowest BCUT2D eigenvalue weighted by Gasteiger charge is -2.34. The van der Waals surface area contributed by atoms with Gasteiger partial charge >= 0.3 is 0 Å². The molecule has 0 saturated heterocycles. The molecule has 0 radical (unpaired) electrons. The molecule has 9 heteroatoms. The van der Waals surface area contributed by atoms with Crippen molar-refractivity contribution in [3.8, 4) is 0 Å². The van der Waals surface area contributed by atoms with Crippen LogP contribution in [-0.4, -0.2) is 43.8 Å². The fourth-order valence-electron chi connectivity index (χ4n) is 4.79. The first-order valence-electron chi connectivity index (χ1n) is 14.1. The van der Waals surface area contributed by atoms with Crippen molar-refractivity contribution in [3.63, 3.8) is 0 Å². The number of sulfonamides is 1.